The van der Waals surface area contributed by atoms with Crippen molar-refractivity contribution in [1.82, 2.24) is 16.3 Å². The van der Waals surface area contributed by atoms with Crippen LogP contribution in [-0.2, 0) is 4.79 Å². The third kappa shape index (κ3) is 5.35. The van der Waals surface area contributed by atoms with Gasteiger partial charge in [0.2, 0.25) is 0 Å². The van der Waals surface area contributed by atoms with Gasteiger partial charge in [0.1, 0.15) is 5.71 Å². The molecule has 0 bridgehead atoms. The normalized spacial score (nSPS) is 10.2. The molecule has 0 fully saturated rings. The van der Waals surface area contributed by atoms with Crippen molar-refractivity contribution < 1.29 is 14.4 Å². The van der Waals surface area contributed by atoms with Gasteiger partial charge < -0.3 is 11.5 Å². The summed E-state index contributed by atoms with van der Waals surface area (Å²) in [5.41, 5.74) is 14.8. The molecule has 0 unspecified atom stereocenters. The maximum Gasteiger partial charge on any atom is 0.332 e. The highest BCUT2D eigenvalue weighted by Crippen LogP contribution is 1.73. The predicted octanol–water partition coefficient (Wildman–Crippen LogP) is -2.27. The molecule has 7 N–H and O–H groups in total. The molecule has 0 aromatic rings. The lowest BCUT2D eigenvalue weighted by molar-refractivity contribution is -0.115. The van der Waals surface area contributed by atoms with Crippen molar-refractivity contribution >= 4 is 23.7 Å². The topological polar surface area (TPSA) is 152 Å². The average Bonchev–Trinajstić information content (AvgIpc) is 2.09. The molecule has 0 saturated carbocycles. The zero-order valence-electron chi connectivity index (χ0n) is 7.33. The van der Waals surface area contributed by atoms with Gasteiger partial charge in [-0.2, -0.15) is 5.10 Å². The molecule has 0 aliphatic carbocycles. The molecule has 0 aromatic heterocycles. The Morgan fingerprint density at radius 3 is 2.07 bits per heavy atom. The van der Waals surface area contributed by atoms with Crippen LogP contribution in [0.3, 0.4) is 0 Å². The maximum atomic E-state index is 11.0. The molecule has 0 saturated heterocycles. The average molecular weight is 202 g/mol. The van der Waals surface area contributed by atoms with Crippen LogP contribution in [-0.4, -0.2) is 23.7 Å². The fraction of sp³-hybridized carbons (Fsp3) is 0.200. The van der Waals surface area contributed by atoms with E-state index in [0.717, 1.165) is 0 Å². The molecular weight excluding hydrogens is 192 g/mol. The minimum absolute atomic E-state index is 0.0995. The number of nitrogens with two attached hydrogens (primary N) is 2. The van der Waals surface area contributed by atoms with E-state index in [2.05, 4.69) is 16.6 Å². The van der Waals surface area contributed by atoms with Crippen LogP contribution in [0.1, 0.15) is 6.92 Å². The molecule has 0 aromatic carbocycles. The Morgan fingerprint density at radius 1 is 1.07 bits per heavy atom. The van der Waals surface area contributed by atoms with E-state index in [9.17, 15) is 14.4 Å². The summed E-state index contributed by atoms with van der Waals surface area (Å²) in [5, 5.41) is 3.29. The van der Waals surface area contributed by atoms with E-state index < -0.39 is 18.0 Å². The number of nitrogens with one attached hydrogen (secondary N) is 3. The van der Waals surface area contributed by atoms with E-state index in [4.69, 9.17) is 0 Å². The number of hydrazine groups is 1. The molecule has 0 atom stereocenters. The van der Waals surface area contributed by atoms with Gasteiger partial charge in [-0.25, -0.2) is 20.4 Å². The van der Waals surface area contributed by atoms with Crippen LogP contribution in [0.4, 0.5) is 9.59 Å². The number of primary amides is 2. The minimum Gasteiger partial charge on any atom is -0.350 e. The molecule has 0 heterocycles. The van der Waals surface area contributed by atoms with Crippen LogP contribution in [0.2, 0.25) is 0 Å². The van der Waals surface area contributed by atoms with Crippen molar-refractivity contribution in [1.29, 1.82) is 0 Å². The number of hydrogen-bond donors (Lipinski definition) is 5. The number of carbonyl (C=O) groups is 3. The second-order valence-electron chi connectivity index (χ2n) is 2.12. The summed E-state index contributed by atoms with van der Waals surface area (Å²) >= 11 is 0. The van der Waals surface area contributed by atoms with E-state index in [0.29, 0.717) is 0 Å². The number of carbonyl (C=O) groups excluding carboxylic acids is 3. The van der Waals surface area contributed by atoms with E-state index in [1.165, 1.54) is 6.92 Å². The smallest absolute Gasteiger partial charge is 0.332 e. The van der Waals surface area contributed by atoms with Crippen molar-refractivity contribution in [3.05, 3.63) is 0 Å². The molecule has 14 heavy (non-hydrogen) atoms. The Balaban J connectivity index is 4.04. The Morgan fingerprint density at radius 2 is 1.64 bits per heavy atom. The number of hydrogen-bond acceptors (Lipinski definition) is 4. The molecule has 9 heteroatoms. The summed E-state index contributed by atoms with van der Waals surface area (Å²) in [6.07, 6.45) is 0. The van der Waals surface area contributed by atoms with Crippen molar-refractivity contribution in [2.45, 2.75) is 6.92 Å². The van der Waals surface area contributed by atoms with Crippen LogP contribution in [0.15, 0.2) is 5.10 Å². The molecule has 5 amide bonds. The maximum absolute atomic E-state index is 11.0. The highest BCUT2D eigenvalue weighted by Gasteiger charge is 2.05. The second-order valence-corrected chi connectivity index (χ2v) is 2.12. The van der Waals surface area contributed by atoms with Crippen molar-refractivity contribution in [3.8, 4) is 0 Å². The van der Waals surface area contributed by atoms with Gasteiger partial charge in [0.15, 0.2) is 0 Å². The van der Waals surface area contributed by atoms with Crippen LogP contribution in [0.5, 0.6) is 0 Å². The van der Waals surface area contributed by atoms with Crippen molar-refractivity contribution in [3.63, 3.8) is 0 Å². The Hall–Kier alpha value is -2.32. The predicted molar refractivity (Wildman–Crippen MR) is 46.7 cm³/mol. The number of hydrazone groups is 1. The largest absolute Gasteiger partial charge is 0.350 e. The van der Waals surface area contributed by atoms with Gasteiger partial charge in [-0.3, -0.25) is 10.2 Å². The molecule has 78 valence electrons. The van der Waals surface area contributed by atoms with Gasteiger partial charge in [-0.1, -0.05) is 0 Å². The van der Waals surface area contributed by atoms with Crippen molar-refractivity contribution in [2.24, 2.45) is 16.6 Å². The lowest BCUT2D eigenvalue weighted by Gasteiger charge is -2.03. The van der Waals surface area contributed by atoms with Gasteiger partial charge in [-0.05, 0) is 6.92 Å². The Kier molecular flexibility index (Phi) is 4.46. The van der Waals surface area contributed by atoms with E-state index >= 15 is 0 Å². The molecular formula is C5H10N6O3. The first kappa shape index (κ1) is 11.7. The number of amides is 5. The summed E-state index contributed by atoms with van der Waals surface area (Å²) < 4.78 is 0. The molecule has 0 radical (unpaired) electrons. The fourth-order valence-electron chi connectivity index (χ4n) is 0.399. The third-order valence-corrected chi connectivity index (χ3v) is 0.962. The molecule has 0 aliphatic rings. The van der Waals surface area contributed by atoms with Gasteiger partial charge in [0.05, 0.1) is 0 Å². The lowest BCUT2D eigenvalue weighted by atomic mass is 10.4. The van der Waals surface area contributed by atoms with Crippen LogP contribution in [0.25, 0.3) is 0 Å². The van der Waals surface area contributed by atoms with Crippen molar-refractivity contribution in [2.75, 3.05) is 0 Å². The number of urea groups is 2. The minimum atomic E-state index is -0.922. The SMILES string of the molecule is C/C(=N\NC(N)=O)C(=O)NNC(N)=O. The molecule has 0 spiro atoms. The van der Waals surface area contributed by atoms with Gasteiger partial charge in [0, 0.05) is 0 Å². The summed E-state index contributed by atoms with van der Waals surface area (Å²) in [7, 11) is 0. The van der Waals surface area contributed by atoms with Crippen LogP contribution < -0.4 is 27.7 Å². The summed E-state index contributed by atoms with van der Waals surface area (Å²) in [6.45, 7) is 1.30. The Bertz CT molecular complexity index is 285. The third-order valence-electron chi connectivity index (χ3n) is 0.962. The van der Waals surface area contributed by atoms with Crippen LogP contribution >= 0.6 is 0 Å². The first-order valence-electron chi connectivity index (χ1n) is 3.39. The number of nitrogens with zero attached hydrogens (tertiary/aromatic N) is 1. The van der Waals surface area contributed by atoms with Gasteiger partial charge in [0.25, 0.3) is 5.91 Å². The summed E-state index contributed by atoms with van der Waals surface area (Å²) in [5.74, 6) is -0.724. The molecule has 0 aliphatic heterocycles. The first-order valence-corrected chi connectivity index (χ1v) is 3.39. The standard InChI is InChI=1S/C5H10N6O3/c1-2(8-10-4(6)13)3(12)9-11-5(7)14/h1H3,(H,9,12)(H3,6,10,13)(H3,7,11,14)/b8-2+. The fourth-order valence-corrected chi connectivity index (χ4v) is 0.399. The van der Waals surface area contributed by atoms with Gasteiger partial charge >= 0.3 is 12.1 Å². The second kappa shape index (κ2) is 5.35. The van der Waals surface area contributed by atoms with E-state index in [1.807, 2.05) is 16.3 Å². The highest BCUT2D eigenvalue weighted by atomic mass is 16.2. The van der Waals surface area contributed by atoms with E-state index in [1.54, 1.807) is 0 Å². The summed E-state index contributed by atoms with van der Waals surface area (Å²) in [4.78, 5) is 31.3. The van der Waals surface area contributed by atoms with E-state index in [-0.39, 0.29) is 5.71 Å². The lowest BCUT2D eigenvalue weighted by Crippen LogP contribution is -2.47. The molecule has 0 rings (SSSR count). The summed E-state index contributed by atoms with van der Waals surface area (Å²) in [6, 6.07) is -1.82. The Labute approximate surface area is 78.8 Å². The zero-order valence-corrected chi connectivity index (χ0v) is 7.33. The van der Waals surface area contributed by atoms with Crippen LogP contribution in [0, 0.1) is 0 Å². The quantitative estimate of drug-likeness (QED) is 0.253. The first-order chi connectivity index (χ1) is 6.43. The van der Waals surface area contributed by atoms with Gasteiger partial charge in [-0.15, -0.1) is 0 Å². The molecule has 9 nitrogen and oxygen atoms in total. The monoisotopic (exact) mass is 202 g/mol. The highest BCUT2D eigenvalue weighted by molar-refractivity contribution is 6.37. The zero-order chi connectivity index (χ0) is 11.1. The number of rotatable bonds is 2.